The summed E-state index contributed by atoms with van der Waals surface area (Å²) in [6.07, 6.45) is 2.83. The Morgan fingerprint density at radius 1 is 1.17 bits per heavy atom. The van der Waals surface area contributed by atoms with Gasteiger partial charge in [-0.3, -0.25) is 9.36 Å². The van der Waals surface area contributed by atoms with Crippen LogP contribution in [0.4, 0.5) is 5.69 Å². The minimum Gasteiger partial charge on any atom is -0.325 e. The van der Waals surface area contributed by atoms with E-state index >= 15 is 0 Å². The SMILES string of the molecule is C=CCn1c(SCC(=O)Nc2ccccc2[C@@H](C)CC)nnc1-c1ccccc1. The molecule has 0 bridgehead atoms. The van der Waals surface area contributed by atoms with E-state index in [2.05, 4.69) is 42.0 Å². The molecule has 150 valence electrons. The molecule has 0 aliphatic heterocycles. The second kappa shape index (κ2) is 10.1. The molecule has 0 aliphatic rings. The Balaban J connectivity index is 1.71. The third-order valence-electron chi connectivity index (χ3n) is 4.77. The number of nitrogens with zero attached hydrogens (tertiary/aromatic N) is 3. The number of hydrogen-bond acceptors (Lipinski definition) is 4. The van der Waals surface area contributed by atoms with Crippen molar-refractivity contribution < 1.29 is 4.79 Å². The second-order valence-electron chi connectivity index (χ2n) is 6.80. The molecule has 3 rings (SSSR count). The van der Waals surface area contributed by atoms with Crippen LogP contribution in [-0.4, -0.2) is 26.4 Å². The Labute approximate surface area is 176 Å². The van der Waals surface area contributed by atoms with Crippen LogP contribution in [0.1, 0.15) is 31.7 Å². The van der Waals surface area contributed by atoms with E-state index in [1.807, 2.05) is 59.2 Å². The predicted molar refractivity (Wildman–Crippen MR) is 120 cm³/mol. The summed E-state index contributed by atoms with van der Waals surface area (Å²) in [6, 6.07) is 17.9. The van der Waals surface area contributed by atoms with Gasteiger partial charge >= 0.3 is 0 Å². The minimum absolute atomic E-state index is 0.0554. The molecule has 0 saturated carbocycles. The second-order valence-corrected chi connectivity index (χ2v) is 7.75. The summed E-state index contributed by atoms with van der Waals surface area (Å²) in [5, 5.41) is 12.4. The Hall–Kier alpha value is -2.86. The maximum Gasteiger partial charge on any atom is 0.234 e. The van der Waals surface area contributed by atoms with E-state index in [4.69, 9.17) is 0 Å². The maximum atomic E-state index is 12.6. The van der Waals surface area contributed by atoms with Crippen molar-refractivity contribution in [1.82, 2.24) is 14.8 Å². The monoisotopic (exact) mass is 406 g/mol. The van der Waals surface area contributed by atoms with Gasteiger partial charge in [0.1, 0.15) is 0 Å². The number of benzene rings is 2. The van der Waals surface area contributed by atoms with Crippen molar-refractivity contribution >= 4 is 23.4 Å². The van der Waals surface area contributed by atoms with Crippen molar-refractivity contribution in [2.24, 2.45) is 0 Å². The largest absolute Gasteiger partial charge is 0.325 e. The molecule has 2 aromatic carbocycles. The number of aromatic nitrogens is 3. The summed E-state index contributed by atoms with van der Waals surface area (Å²) in [4.78, 5) is 12.6. The molecule has 1 atom stereocenters. The Bertz CT molecular complexity index is 968. The van der Waals surface area contributed by atoms with Crippen LogP contribution in [0.2, 0.25) is 0 Å². The fourth-order valence-corrected chi connectivity index (χ4v) is 3.81. The molecule has 0 saturated heterocycles. The van der Waals surface area contributed by atoms with E-state index < -0.39 is 0 Å². The van der Waals surface area contributed by atoms with Crippen LogP contribution >= 0.6 is 11.8 Å². The van der Waals surface area contributed by atoms with Crippen molar-refractivity contribution in [3.05, 3.63) is 72.8 Å². The topological polar surface area (TPSA) is 59.8 Å². The van der Waals surface area contributed by atoms with E-state index in [9.17, 15) is 4.79 Å². The first-order chi connectivity index (χ1) is 14.1. The molecule has 0 radical (unpaired) electrons. The number of thioether (sulfide) groups is 1. The number of hydrogen-bond donors (Lipinski definition) is 1. The average Bonchev–Trinajstić information content (AvgIpc) is 3.15. The Kier molecular flexibility index (Phi) is 7.25. The van der Waals surface area contributed by atoms with Crippen molar-refractivity contribution in [2.45, 2.75) is 37.9 Å². The molecule has 0 fully saturated rings. The van der Waals surface area contributed by atoms with Gasteiger partial charge in [-0.1, -0.05) is 80.2 Å². The van der Waals surface area contributed by atoms with E-state index in [1.54, 1.807) is 0 Å². The molecule has 29 heavy (non-hydrogen) atoms. The number of nitrogens with one attached hydrogen (secondary N) is 1. The van der Waals surface area contributed by atoms with Crippen LogP contribution in [0.25, 0.3) is 11.4 Å². The number of para-hydroxylation sites is 1. The van der Waals surface area contributed by atoms with Crippen molar-refractivity contribution in [1.29, 1.82) is 0 Å². The van der Waals surface area contributed by atoms with Gasteiger partial charge in [0.05, 0.1) is 5.75 Å². The molecule has 0 spiro atoms. The van der Waals surface area contributed by atoms with Gasteiger partial charge in [0.15, 0.2) is 11.0 Å². The number of amides is 1. The molecule has 5 nitrogen and oxygen atoms in total. The number of carbonyl (C=O) groups excluding carboxylic acids is 1. The lowest BCUT2D eigenvalue weighted by molar-refractivity contribution is -0.113. The third-order valence-corrected chi connectivity index (χ3v) is 5.74. The highest BCUT2D eigenvalue weighted by molar-refractivity contribution is 7.99. The van der Waals surface area contributed by atoms with Crippen LogP contribution in [-0.2, 0) is 11.3 Å². The van der Waals surface area contributed by atoms with Crippen LogP contribution in [0.3, 0.4) is 0 Å². The first-order valence-corrected chi connectivity index (χ1v) is 10.7. The lowest BCUT2D eigenvalue weighted by atomic mass is 9.97. The van der Waals surface area contributed by atoms with E-state index in [0.717, 1.165) is 29.1 Å². The van der Waals surface area contributed by atoms with Gasteiger partial charge in [-0.2, -0.15) is 0 Å². The van der Waals surface area contributed by atoms with Crippen molar-refractivity contribution in [3.63, 3.8) is 0 Å². The smallest absolute Gasteiger partial charge is 0.234 e. The molecular weight excluding hydrogens is 380 g/mol. The summed E-state index contributed by atoms with van der Waals surface area (Å²) >= 11 is 1.38. The summed E-state index contributed by atoms with van der Waals surface area (Å²) in [5.41, 5.74) is 3.03. The Morgan fingerprint density at radius 3 is 2.62 bits per heavy atom. The summed E-state index contributed by atoms with van der Waals surface area (Å²) in [7, 11) is 0. The molecule has 0 unspecified atom stereocenters. The minimum atomic E-state index is -0.0554. The van der Waals surface area contributed by atoms with Crippen LogP contribution < -0.4 is 5.32 Å². The molecular formula is C23H26N4OS. The predicted octanol–water partition coefficient (Wildman–Crippen LogP) is 5.38. The van der Waals surface area contributed by atoms with E-state index in [-0.39, 0.29) is 11.7 Å². The normalized spacial score (nSPS) is 11.8. The van der Waals surface area contributed by atoms with Crippen molar-refractivity contribution in [3.8, 4) is 11.4 Å². The van der Waals surface area contributed by atoms with Gasteiger partial charge in [0.25, 0.3) is 0 Å². The fourth-order valence-electron chi connectivity index (χ4n) is 3.07. The molecule has 1 heterocycles. The molecule has 3 aromatic rings. The Morgan fingerprint density at radius 2 is 1.90 bits per heavy atom. The van der Waals surface area contributed by atoms with Gasteiger partial charge in [0.2, 0.25) is 5.91 Å². The van der Waals surface area contributed by atoms with E-state index in [0.29, 0.717) is 17.6 Å². The van der Waals surface area contributed by atoms with Crippen LogP contribution in [0.5, 0.6) is 0 Å². The first kappa shape index (κ1) is 20.9. The number of carbonyl (C=O) groups is 1. The van der Waals surface area contributed by atoms with Gasteiger partial charge in [-0.15, -0.1) is 16.8 Å². The molecule has 1 aromatic heterocycles. The highest BCUT2D eigenvalue weighted by Gasteiger charge is 2.16. The standard InChI is InChI=1S/C23H26N4OS/c1-4-15-27-22(18-11-7-6-8-12-18)25-26-23(27)29-16-21(28)24-20-14-10-9-13-19(20)17(3)5-2/h4,6-14,17H,1,5,15-16H2,2-3H3,(H,24,28)/t17-/m0/s1. The summed E-state index contributed by atoms with van der Waals surface area (Å²) in [5.74, 6) is 1.37. The lowest BCUT2D eigenvalue weighted by Crippen LogP contribution is -2.16. The molecule has 1 N–H and O–H groups in total. The highest BCUT2D eigenvalue weighted by Crippen LogP contribution is 2.27. The van der Waals surface area contributed by atoms with Crippen molar-refractivity contribution in [2.75, 3.05) is 11.1 Å². The molecule has 1 amide bonds. The van der Waals surface area contributed by atoms with Crippen LogP contribution in [0.15, 0.2) is 72.4 Å². The van der Waals surface area contributed by atoms with Crippen LogP contribution in [0, 0.1) is 0 Å². The van der Waals surface area contributed by atoms with Gasteiger partial charge in [0, 0.05) is 17.8 Å². The zero-order valence-corrected chi connectivity index (χ0v) is 17.7. The van der Waals surface area contributed by atoms with E-state index in [1.165, 1.54) is 11.8 Å². The van der Waals surface area contributed by atoms with Gasteiger partial charge < -0.3 is 5.32 Å². The third kappa shape index (κ3) is 5.15. The first-order valence-electron chi connectivity index (χ1n) is 9.75. The zero-order chi connectivity index (χ0) is 20.6. The fraction of sp³-hybridized carbons (Fsp3) is 0.261. The lowest BCUT2D eigenvalue weighted by Gasteiger charge is -2.15. The molecule has 6 heteroatoms. The highest BCUT2D eigenvalue weighted by atomic mass is 32.2. The number of allylic oxidation sites excluding steroid dienone is 1. The van der Waals surface area contributed by atoms with Gasteiger partial charge in [-0.05, 0) is 24.0 Å². The summed E-state index contributed by atoms with van der Waals surface area (Å²) in [6.45, 7) is 8.73. The van der Waals surface area contributed by atoms with Gasteiger partial charge in [-0.25, -0.2) is 0 Å². The number of anilines is 1. The quantitative estimate of drug-likeness (QED) is 0.383. The zero-order valence-electron chi connectivity index (χ0n) is 16.8. The maximum absolute atomic E-state index is 12.6. The number of rotatable bonds is 9. The molecule has 0 aliphatic carbocycles. The summed E-state index contributed by atoms with van der Waals surface area (Å²) < 4.78 is 1.98. The average molecular weight is 407 g/mol.